The van der Waals surface area contributed by atoms with Gasteiger partial charge in [0.1, 0.15) is 0 Å². The lowest BCUT2D eigenvalue weighted by Gasteiger charge is -2.11. The molecule has 0 radical (unpaired) electrons. The summed E-state index contributed by atoms with van der Waals surface area (Å²) in [5, 5.41) is 0. The summed E-state index contributed by atoms with van der Waals surface area (Å²) in [6.07, 6.45) is 0.861. The van der Waals surface area contributed by atoms with Crippen molar-refractivity contribution in [3.05, 3.63) is 58.1 Å². The number of hydrogen-bond acceptors (Lipinski definition) is 3. The molecule has 6 heteroatoms. The first kappa shape index (κ1) is 16.0. The second kappa shape index (κ2) is 6.60. The summed E-state index contributed by atoms with van der Waals surface area (Å²) in [7, 11) is -3.61. The van der Waals surface area contributed by atoms with Gasteiger partial charge in [-0.1, -0.05) is 31.2 Å². The van der Waals surface area contributed by atoms with Crippen molar-refractivity contribution in [1.82, 2.24) is 4.72 Å². The molecule has 0 unspecified atom stereocenters. The molecule has 0 saturated heterocycles. The Kier molecular flexibility index (Phi) is 5.03. The molecular formula is C15H17BrN2O2S. The molecule has 0 fully saturated rings. The van der Waals surface area contributed by atoms with E-state index in [-0.39, 0.29) is 11.4 Å². The normalized spacial score (nSPS) is 11.5. The van der Waals surface area contributed by atoms with Crippen molar-refractivity contribution in [2.75, 3.05) is 5.73 Å². The van der Waals surface area contributed by atoms with Gasteiger partial charge in [0.25, 0.3) is 0 Å². The molecule has 0 saturated carbocycles. The van der Waals surface area contributed by atoms with E-state index < -0.39 is 10.0 Å². The minimum atomic E-state index is -3.61. The van der Waals surface area contributed by atoms with E-state index in [0.717, 1.165) is 17.5 Å². The van der Waals surface area contributed by atoms with Gasteiger partial charge >= 0.3 is 0 Å². The number of halogens is 1. The van der Waals surface area contributed by atoms with Crippen molar-refractivity contribution in [3.8, 4) is 0 Å². The van der Waals surface area contributed by atoms with Gasteiger partial charge in [-0.3, -0.25) is 0 Å². The maximum atomic E-state index is 12.4. The average molecular weight is 369 g/mol. The van der Waals surface area contributed by atoms with Crippen LogP contribution in [0, 0.1) is 0 Å². The first-order valence-corrected chi connectivity index (χ1v) is 8.83. The SMILES string of the molecule is CCc1ccccc1CNS(=O)(=O)c1cc(N)ccc1Br. The van der Waals surface area contributed by atoms with Gasteiger partial charge in [0.2, 0.25) is 10.0 Å². The molecule has 0 spiro atoms. The van der Waals surface area contributed by atoms with Crippen LogP contribution < -0.4 is 10.5 Å². The third kappa shape index (κ3) is 3.84. The predicted molar refractivity (Wildman–Crippen MR) is 88.4 cm³/mol. The van der Waals surface area contributed by atoms with Gasteiger partial charge in [0.05, 0.1) is 4.90 Å². The predicted octanol–water partition coefficient (Wildman–Crippen LogP) is 3.07. The smallest absolute Gasteiger partial charge is 0.242 e. The van der Waals surface area contributed by atoms with Crippen LogP contribution in [0.3, 0.4) is 0 Å². The van der Waals surface area contributed by atoms with Crippen LogP contribution in [0.25, 0.3) is 0 Å². The minimum absolute atomic E-state index is 0.150. The third-order valence-corrected chi connectivity index (χ3v) is 5.59. The molecule has 112 valence electrons. The Balaban J connectivity index is 2.24. The zero-order valence-electron chi connectivity index (χ0n) is 11.6. The van der Waals surface area contributed by atoms with E-state index in [2.05, 4.69) is 20.7 Å². The number of aryl methyl sites for hydroxylation is 1. The second-order valence-corrected chi connectivity index (χ2v) is 7.23. The van der Waals surface area contributed by atoms with Gasteiger partial charge in [0.15, 0.2) is 0 Å². The summed E-state index contributed by atoms with van der Waals surface area (Å²) in [6, 6.07) is 12.5. The number of benzene rings is 2. The monoisotopic (exact) mass is 368 g/mol. The number of rotatable bonds is 5. The summed E-state index contributed by atoms with van der Waals surface area (Å²) in [4.78, 5) is 0.150. The van der Waals surface area contributed by atoms with Gasteiger partial charge in [-0.05, 0) is 51.7 Å². The largest absolute Gasteiger partial charge is 0.399 e. The number of hydrogen-bond donors (Lipinski definition) is 2. The van der Waals surface area contributed by atoms with Gasteiger partial charge in [-0.2, -0.15) is 0 Å². The average Bonchev–Trinajstić information content (AvgIpc) is 2.48. The highest BCUT2D eigenvalue weighted by atomic mass is 79.9. The van der Waals surface area contributed by atoms with Crippen molar-refractivity contribution >= 4 is 31.6 Å². The van der Waals surface area contributed by atoms with E-state index in [4.69, 9.17) is 5.73 Å². The van der Waals surface area contributed by atoms with Gasteiger partial charge in [-0.25, -0.2) is 13.1 Å². The number of nitrogens with two attached hydrogens (primary N) is 1. The third-order valence-electron chi connectivity index (χ3n) is 3.20. The zero-order valence-corrected chi connectivity index (χ0v) is 14.0. The fourth-order valence-electron chi connectivity index (χ4n) is 2.05. The maximum Gasteiger partial charge on any atom is 0.242 e. The summed E-state index contributed by atoms with van der Waals surface area (Å²) >= 11 is 3.25. The lowest BCUT2D eigenvalue weighted by Crippen LogP contribution is -2.24. The van der Waals surface area contributed by atoms with E-state index in [1.54, 1.807) is 12.1 Å². The number of anilines is 1. The fourth-order valence-corrected chi connectivity index (χ4v) is 4.05. The number of sulfonamides is 1. The molecule has 0 heterocycles. The first-order valence-electron chi connectivity index (χ1n) is 6.55. The van der Waals surface area contributed by atoms with Crippen LogP contribution in [0.15, 0.2) is 51.8 Å². The van der Waals surface area contributed by atoms with Crippen LogP contribution >= 0.6 is 15.9 Å². The molecule has 0 amide bonds. The van der Waals surface area contributed by atoms with E-state index in [1.807, 2.05) is 31.2 Å². The molecule has 2 aromatic carbocycles. The molecule has 3 N–H and O–H groups in total. The Bertz CT molecular complexity index is 745. The first-order chi connectivity index (χ1) is 9.94. The topological polar surface area (TPSA) is 72.2 Å². The highest BCUT2D eigenvalue weighted by molar-refractivity contribution is 9.10. The lowest BCUT2D eigenvalue weighted by molar-refractivity contribution is 0.580. The summed E-state index contributed by atoms with van der Waals surface area (Å²) in [6.45, 7) is 2.30. The Morgan fingerprint density at radius 1 is 1.14 bits per heavy atom. The van der Waals surface area contributed by atoms with Crippen LogP contribution in [0.4, 0.5) is 5.69 Å². The van der Waals surface area contributed by atoms with Crippen molar-refractivity contribution in [1.29, 1.82) is 0 Å². The fraction of sp³-hybridized carbons (Fsp3) is 0.200. The molecule has 0 aliphatic rings. The van der Waals surface area contributed by atoms with Crippen LogP contribution in [-0.2, 0) is 23.0 Å². The van der Waals surface area contributed by atoms with Gasteiger partial charge in [-0.15, -0.1) is 0 Å². The number of nitrogens with one attached hydrogen (secondary N) is 1. The summed E-state index contributed by atoms with van der Waals surface area (Å²) in [5.74, 6) is 0. The number of nitrogen functional groups attached to an aromatic ring is 1. The van der Waals surface area contributed by atoms with Crippen molar-refractivity contribution < 1.29 is 8.42 Å². The van der Waals surface area contributed by atoms with Crippen LogP contribution in [0.1, 0.15) is 18.1 Å². The Morgan fingerprint density at radius 2 is 1.81 bits per heavy atom. The molecule has 0 aliphatic heterocycles. The highest BCUT2D eigenvalue weighted by Gasteiger charge is 2.18. The van der Waals surface area contributed by atoms with Gasteiger partial charge in [0, 0.05) is 16.7 Å². The van der Waals surface area contributed by atoms with Crippen LogP contribution in [0.5, 0.6) is 0 Å². The summed E-state index contributed by atoms with van der Waals surface area (Å²) in [5.41, 5.74) is 8.18. The Hall–Kier alpha value is -1.37. The van der Waals surface area contributed by atoms with E-state index >= 15 is 0 Å². The molecule has 21 heavy (non-hydrogen) atoms. The van der Waals surface area contributed by atoms with Crippen LogP contribution in [-0.4, -0.2) is 8.42 Å². The Morgan fingerprint density at radius 3 is 2.48 bits per heavy atom. The van der Waals surface area contributed by atoms with Crippen molar-refractivity contribution in [3.63, 3.8) is 0 Å². The standard InChI is InChI=1S/C15H17BrN2O2S/c1-2-11-5-3-4-6-12(11)10-18-21(19,20)15-9-13(17)7-8-14(15)16/h3-9,18H,2,10,17H2,1H3. The Labute approximate surface area is 133 Å². The van der Waals surface area contributed by atoms with Crippen molar-refractivity contribution in [2.45, 2.75) is 24.8 Å². The highest BCUT2D eigenvalue weighted by Crippen LogP contribution is 2.24. The van der Waals surface area contributed by atoms with Crippen LogP contribution in [0.2, 0.25) is 0 Å². The van der Waals surface area contributed by atoms with E-state index in [1.165, 1.54) is 6.07 Å². The molecule has 0 bridgehead atoms. The molecule has 0 aromatic heterocycles. The maximum absolute atomic E-state index is 12.4. The molecule has 2 rings (SSSR count). The second-order valence-electron chi connectivity index (χ2n) is 4.64. The van der Waals surface area contributed by atoms with E-state index in [9.17, 15) is 8.42 Å². The lowest BCUT2D eigenvalue weighted by atomic mass is 10.1. The molecule has 0 aliphatic carbocycles. The van der Waals surface area contributed by atoms with Crippen molar-refractivity contribution in [2.24, 2.45) is 0 Å². The zero-order chi connectivity index (χ0) is 15.5. The summed E-state index contributed by atoms with van der Waals surface area (Å²) < 4.78 is 27.9. The quantitative estimate of drug-likeness (QED) is 0.796. The molecule has 0 atom stereocenters. The molecular weight excluding hydrogens is 352 g/mol. The minimum Gasteiger partial charge on any atom is -0.399 e. The van der Waals surface area contributed by atoms with Gasteiger partial charge < -0.3 is 5.73 Å². The molecule has 2 aromatic rings. The van der Waals surface area contributed by atoms with E-state index in [0.29, 0.717) is 10.2 Å². The molecule has 4 nitrogen and oxygen atoms in total.